The van der Waals surface area contributed by atoms with Crippen molar-refractivity contribution in [2.24, 2.45) is 59.2 Å². The molecule has 0 N–H and O–H groups in total. The first-order valence-electron chi connectivity index (χ1n) is 10.0. The molecule has 4 heteroatoms. The van der Waals surface area contributed by atoms with Crippen molar-refractivity contribution >= 4 is 12.6 Å². The minimum absolute atomic E-state index is 0.273. The van der Waals surface area contributed by atoms with Crippen molar-refractivity contribution in [1.29, 1.82) is 0 Å². The lowest BCUT2D eigenvalue weighted by molar-refractivity contribution is -0.150. The predicted molar refractivity (Wildman–Crippen MR) is 80.7 cm³/mol. The second-order valence-electron chi connectivity index (χ2n) is 10.2. The standard InChI is InChI=1S/C20H22O4/c21-5-19-15-7-1-3-9-11(7)17-13(15)14-16(20(17,6-22)23-9)8-2-4-10(24-19)12(8)18(14)19/h5-18H,1-4H2/t7-,8+,9-,10+,11-,12+,13-,14-,15-,16+,17-,18-,19-,20+/m1/s1. The monoisotopic (exact) mass is 326 g/mol. The number of fused-ring (bicyclic) bond motifs is 4. The molecule has 8 aliphatic rings. The van der Waals surface area contributed by atoms with Gasteiger partial charge in [0.05, 0.1) is 12.2 Å². The zero-order valence-corrected chi connectivity index (χ0v) is 13.5. The van der Waals surface area contributed by atoms with Gasteiger partial charge in [0.15, 0.2) is 12.6 Å². The maximum atomic E-state index is 12.5. The van der Waals surface area contributed by atoms with Gasteiger partial charge in [0.25, 0.3) is 0 Å². The molecule has 0 amide bonds. The highest BCUT2D eigenvalue weighted by Gasteiger charge is 2.90. The van der Waals surface area contributed by atoms with Crippen LogP contribution < -0.4 is 0 Å². The summed E-state index contributed by atoms with van der Waals surface area (Å²) in [6, 6.07) is 0. The Morgan fingerprint density at radius 1 is 0.625 bits per heavy atom. The van der Waals surface area contributed by atoms with E-state index in [9.17, 15) is 9.59 Å². The molecule has 0 aromatic rings. The van der Waals surface area contributed by atoms with E-state index in [2.05, 4.69) is 0 Å². The average Bonchev–Trinajstić information content (AvgIpc) is 3.36. The summed E-state index contributed by atoms with van der Waals surface area (Å²) < 4.78 is 13.3. The van der Waals surface area contributed by atoms with Gasteiger partial charge in [-0.25, -0.2) is 0 Å². The normalized spacial score (nSPS) is 76.8. The number of rotatable bonds is 2. The third kappa shape index (κ3) is 0.851. The van der Waals surface area contributed by atoms with Crippen LogP contribution in [0.1, 0.15) is 25.7 Å². The van der Waals surface area contributed by atoms with E-state index in [1.807, 2.05) is 0 Å². The summed E-state index contributed by atoms with van der Waals surface area (Å²) in [6.07, 6.45) is 7.52. The van der Waals surface area contributed by atoms with E-state index in [0.717, 1.165) is 12.8 Å². The molecule has 6 aliphatic carbocycles. The van der Waals surface area contributed by atoms with Gasteiger partial charge in [-0.2, -0.15) is 0 Å². The number of ether oxygens (including phenoxy) is 2. The van der Waals surface area contributed by atoms with Crippen LogP contribution in [0.25, 0.3) is 0 Å². The maximum Gasteiger partial charge on any atom is 0.152 e. The first kappa shape index (κ1) is 12.6. The Hall–Kier alpha value is -0.740. The van der Waals surface area contributed by atoms with Gasteiger partial charge < -0.3 is 19.1 Å². The third-order valence-corrected chi connectivity index (χ3v) is 10.4. The van der Waals surface area contributed by atoms with E-state index in [1.165, 1.54) is 25.4 Å². The van der Waals surface area contributed by atoms with Crippen molar-refractivity contribution in [3.63, 3.8) is 0 Å². The molecule has 0 aromatic carbocycles. The minimum atomic E-state index is -0.503. The van der Waals surface area contributed by atoms with Crippen molar-refractivity contribution in [2.45, 2.75) is 49.1 Å². The van der Waals surface area contributed by atoms with Gasteiger partial charge >= 0.3 is 0 Å². The van der Waals surface area contributed by atoms with Crippen LogP contribution >= 0.6 is 0 Å². The Morgan fingerprint density at radius 3 is 1.50 bits per heavy atom. The van der Waals surface area contributed by atoms with E-state index in [-0.39, 0.29) is 12.2 Å². The number of hydrogen-bond donors (Lipinski definition) is 0. The van der Waals surface area contributed by atoms with Crippen molar-refractivity contribution in [3.05, 3.63) is 0 Å². The molecule has 8 rings (SSSR count). The lowest BCUT2D eigenvalue weighted by atomic mass is 9.72. The summed E-state index contributed by atoms with van der Waals surface area (Å²) in [5.74, 6) is 4.72. The number of hydrogen-bond acceptors (Lipinski definition) is 4. The van der Waals surface area contributed by atoms with Gasteiger partial charge in [-0.15, -0.1) is 0 Å². The fourth-order valence-corrected chi connectivity index (χ4v) is 10.8. The molecule has 4 nitrogen and oxygen atoms in total. The first-order chi connectivity index (χ1) is 11.8. The molecule has 24 heavy (non-hydrogen) atoms. The molecule has 126 valence electrons. The lowest BCUT2D eigenvalue weighted by Gasteiger charge is -2.35. The predicted octanol–water partition coefficient (Wildman–Crippen LogP) is 1.46. The van der Waals surface area contributed by atoms with Gasteiger partial charge in [-0.3, -0.25) is 0 Å². The molecular weight excluding hydrogens is 304 g/mol. The summed E-state index contributed by atoms with van der Waals surface area (Å²) in [4.78, 5) is 24.9. The zero-order valence-electron chi connectivity index (χ0n) is 13.5. The zero-order chi connectivity index (χ0) is 15.6. The number of carbonyl (C=O) groups is 2. The molecule has 0 bridgehead atoms. The maximum absolute atomic E-state index is 12.5. The minimum Gasteiger partial charge on any atom is -0.363 e. The van der Waals surface area contributed by atoms with Crippen LogP contribution in [0.2, 0.25) is 0 Å². The average molecular weight is 326 g/mol. The van der Waals surface area contributed by atoms with Gasteiger partial charge in [0, 0.05) is 23.7 Å². The largest absolute Gasteiger partial charge is 0.363 e. The summed E-state index contributed by atoms with van der Waals surface area (Å²) in [5, 5.41) is 0. The van der Waals surface area contributed by atoms with Crippen molar-refractivity contribution in [1.82, 2.24) is 0 Å². The van der Waals surface area contributed by atoms with E-state index in [1.54, 1.807) is 0 Å². The highest BCUT2D eigenvalue weighted by atomic mass is 16.5. The van der Waals surface area contributed by atoms with Gasteiger partial charge in [-0.1, -0.05) is 0 Å². The van der Waals surface area contributed by atoms with Crippen LogP contribution in [0.15, 0.2) is 0 Å². The highest BCUT2D eigenvalue weighted by molar-refractivity contribution is 5.73. The molecule has 2 heterocycles. The topological polar surface area (TPSA) is 52.6 Å². The first-order valence-corrected chi connectivity index (χ1v) is 10.0. The smallest absolute Gasteiger partial charge is 0.152 e. The van der Waals surface area contributed by atoms with E-state index < -0.39 is 11.2 Å². The van der Waals surface area contributed by atoms with Crippen molar-refractivity contribution in [3.8, 4) is 0 Å². The van der Waals surface area contributed by atoms with Crippen LogP contribution in [-0.2, 0) is 19.1 Å². The molecule has 6 saturated carbocycles. The van der Waals surface area contributed by atoms with Crippen LogP contribution in [0.3, 0.4) is 0 Å². The Kier molecular flexibility index (Phi) is 1.73. The molecule has 0 aromatic heterocycles. The van der Waals surface area contributed by atoms with E-state index in [0.29, 0.717) is 59.2 Å². The van der Waals surface area contributed by atoms with Gasteiger partial charge in [0.1, 0.15) is 11.2 Å². The fourth-order valence-electron chi connectivity index (χ4n) is 10.8. The summed E-state index contributed by atoms with van der Waals surface area (Å²) >= 11 is 0. The Labute approximate surface area is 140 Å². The molecule has 0 unspecified atom stereocenters. The summed E-state index contributed by atoms with van der Waals surface area (Å²) in [7, 11) is 0. The molecule has 8 fully saturated rings. The number of carbonyl (C=O) groups excluding carboxylic acids is 2. The molecule has 0 radical (unpaired) electrons. The van der Waals surface area contributed by atoms with Crippen LogP contribution in [0.5, 0.6) is 0 Å². The molecular formula is C20H22O4. The lowest BCUT2D eigenvalue weighted by Crippen LogP contribution is -2.46. The molecule has 2 saturated heterocycles. The Morgan fingerprint density at radius 2 is 1.08 bits per heavy atom. The Balaban J connectivity index is 1.47. The Bertz CT molecular complexity index is 660. The second kappa shape index (κ2) is 3.29. The van der Waals surface area contributed by atoms with Gasteiger partial charge in [-0.05, 0) is 61.2 Å². The summed E-state index contributed by atoms with van der Waals surface area (Å²) in [6.45, 7) is 0. The number of aldehydes is 2. The third-order valence-electron chi connectivity index (χ3n) is 10.4. The molecule has 0 spiro atoms. The SMILES string of the molecule is O=C[C@]12O[C@H]3CC[C@H]4[C@@H]3[C@@H]1[C@@H]1[C@H]3[C@H]5[C@@H]6[C@@H](CC[C@H]6O[C@@]5(C=O)[C@@H]41)[C@H]32. The van der Waals surface area contributed by atoms with Crippen LogP contribution in [-0.4, -0.2) is 36.0 Å². The molecule has 2 aliphatic heterocycles. The van der Waals surface area contributed by atoms with Gasteiger partial charge in [0.2, 0.25) is 0 Å². The van der Waals surface area contributed by atoms with Crippen molar-refractivity contribution < 1.29 is 19.1 Å². The highest BCUT2D eigenvalue weighted by Crippen LogP contribution is 2.85. The van der Waals surface area contributed by atoms with E-state index >= 15 is 0 Å². The van der Waals surface area contributed by atoms with Crippen LogP contribution in [0.4, 0.5) is 0 Å². The second-order valence-corrected chi connectivity index (χ2v) is 10.2. The molecule has 14 atom stereocenters. The fraction of sp³-hybridized carbons (Fsp3) is 0.900. The summed E-state index contributed by atoms with van der Waals surface area (Å²) in [5.41, 5.74) is -1.01. The van der Waals surface area contributed by atoms with E-state index in [4.69, 9.17) is 9.47 Å². The van der Waals surface area contributed by atoms with Crippen molar-refractivity contribution in [2.75, 3.05) is 0 Å². The quantitative estimate of drug-likeness (QED) is 0.721. The van der Waals surface area contributed by atoms with Crippen LogP contribution in [0, 0.1) is 59.2 Å².